The van der Waals surface area contributed by atoms with Gasteiger partial charge in [-0.25, -0.2) is 4.79 Å². The van der Waals surface area contributed by atoms with Crippen LogP contribution in [-0.4, -0.2) is 53.1 Å². The first-order chi connectivity index (χ1) is 13.2. The third-order valence-corrected chi connectivity index (χ3v) is 5.00. The summed E-state index contributed by atoms with van der Waals surface area (Å²) in [6, 6.07) is 5.01. The zero-order valence-electron chi connectivity index (χ0n) is 16.8. The summed E-state index contributed by atoms with van der Waals surface area (Å²) in [5.41, 5.74) is -0.0683. The van der Waals surface area contributed by atoms with Gasteiger partial charge in [0.15, 0.2) is 11.5 Å². The zero-order valence-corrected chi connectivity index (χ0v) is 16.8. The predicted molar refractivity (Wildman–Crippen MR) is 102 cm³/mol. The van der Waals surface area contributed by atoms with E-state index in [4.69, 9.17) is 9.47 Å². The maximum absolute atomic E-state index is 12.8. The minimum absolute atomic E-state index is 0.191. The molecule has 3 rings (SSSR count). The molecule has 2 heterocycles. The number of nitrogens with zero attached hydrogens (tertiary/aromatic N) is 2. The third kappa shape index (κ3) is 3.90. The molecule has 0 aromatic heterocycles. The standard InChI is InChI=1S/C20H27N3O5/c1-5-22(10-14-6-7-15-16(8-14)28-12-27-15)17(24)11-23-18(25)20(4,9-13(2)3)21-19(23)26/h6-8,13H,5,9-12H2,1-4H3,(H,21,26)/t20-/m0/s1. The molecule has 0 spiro atoms. The van der Waals surface area contributed by atoms with Crippen molar-refractivity contribution in [1.82, 2.24) is 15.1 Å². The van der Waals surface area contributed by atoms with Gasteiger partial charge in [-0.05, 0) is 43.9 Å². The summed E-state index contributed by atoms with van der Waals surface area (Å²) in [5.74, 6) is 0.945. The minimum Gasteiger partial charge on any atom is -0.454 e. The van der Waals surface area contributed by atoms with Crippen LogP contribution in [-0.2, 0) is 16.1 Å². The number of imide groups is 1. The van der Waals surface area contributed by atoms with Gasteiger partial charge < -0.3 is 19.7 Å². The Morgan fingerprint density at radius 3 is 2.68 bits per heavy atom. The van der Waals surface area contributed by atoms with Crippen LogP contribution in [0.25, 0.3) is 0 Å². The molecule has 28 heavy (non-hydrogen) atoms. The number of benzene rings is 1. The Morgan fingerprint density at radius 2 is 2.00 bits per heavy atom. The Balaban J connectivity index is 1.67. The van der Waals surface area contributed by atoms with Gasteiger partial charge in [0.05, 0.1) is 0 Å². The van der Waals surface area contributed by atoms with E-state index < -0.39 is 11.6 Å². The first-order valence-electron chi connectivity index (χ1n) is 9.54. The highest BCUT2D eigenvalue weighted by atomic mass is 16.7. The van der Waals surface area contributed by atoms with Crippen molar-refractivity contribution in [2.45, 2.75) is 46.2 Å². The van der Waals surface area contributed by atoms with E-state index >= 15 is 0 Å². The maximum atomic E-state index is 12.8. The van der Waals surface area contributed by atoms with E-state index in [2.05, 4.69) is 5.32 Å². The molecule has 0 saturated carbocycles. The maximum Gasteiger partial charge on any atom is 0.325 e. The molecule has 0 radical (unpaired) electrons. The number of fused-ring (bicyclic) bond motifs is 1. The first kappa shape index (κ1) is 20.0. The number of carbonyl (C=O) groups is 3. The second kappa shape index (κ2) is 7.69. The molecule has 0 aliphatic carbocycles. The summed E-state index contributed by atoms with van der Waals surface area (Å²) in [7, 11) is 0. The van der Waals surface area contributed by atoms with Gasteiger partial charge in [-0.3, -0.25) is 14.5 Å². The smallest absolute Gasteiger partial charge is 0.325 e. The number of hydrogen-bond donors (Lipinski definition) is 1. The summed E-state index contributed by atoms with van der Waals surface area (Å²) >= 11 is 0. The molecule has 8 nitrogen and oxygen atoms in total. The Morgan fingerprint density at radius 1 is 1.29 bits per heavy atom. The predicted octanol–water partition coefficient (Wildman–Crippen LogP) is 2.12. The molecular weight excluding hydrogens is 362 g/mol. The van der Waals surface area contributed by atoms with Crippen LogP contribution < -0.4 is 14.8 Å². The summed E-state index contributed by atoms with van der Waals surface area (Å²) < 4.78 is 10.7. The molecule has 8 heteroatoms. The Bertz CT molecular complexity index is 794. The lowest BCUT2D eigenvalue weighted by atomic mass is 9.91. The average Bonchev–Trinajstić information content (AvgIpc) is 3.17. The van der Waals surface area contributed by atoms with Crippen LogP contribution in [0, 0.1) is 5.92 Å². The topological polar surface area (TPSA) is 88.2 Å². The van der Waals surface area contributed by atoms with E-state index in [-0.39, 0.29) is 31.1 Å². The van der Waals surface area contributed by atoms with Crippen molar-refractivity contribution < 1.29 is 23.9 Å². The van der Waals surface area contributed by atoms with E-state index in [1.165, 1.54) is 0 Å². The number of likely N-dealkylation sites (N-methyl/N-ethyl adjacent to an activating group) is 1. The fourth-order valence-electron chi connectivity index (χ4n) is 3.72. The van der Waals surface area contributed by atoms with Gasteiger partial charge in [-0.1, -0.05) is 19.9 Å². The molecule has 1 aromatic rings. The normalized spacial score (nSPS) is 20.7. The summed E-state index contributed by atoms with van der Waals surface area (Å²) in [4.78, 5) is 40.5. The van der Waals surface area contributed by atoms with E-state index in [0.29, 0.717) is 31.0 Å². The molecule has 152 valence electrons. The Hall–Kier alpha value is -2.77. The molecule has 0 bridgehead atoms. The van der Waals surface area contributed by atoms with Gasteiger partial charge in [-0.2, -0.15) is 0 Å². The molecule has 4 amide bonds. The van der Waals surface area contributed by atoms with Crippen molar-refractivity contribution in [2.75, 3.05) is 19.9 Å². The highest BCUT2D eigenvalue weighted by Crippen LogP contribution is 2.33. The number of urea groups is 1. The lowest BCUT2D eigenvalue weighted by Gasteiger charge is -2.25. The van der Waals surface area contributed by atoms with Gasteiger partial charge in [0.2, 0.25) is 12.7 Å². The van der Waals surface area contributed by atoms with Crippen molar-refractivity contribution in [3.63, 3.8) is 0 Å². The first-order valence-corrected chi connectivity index (χ1v) is 9.54. The molecule has 1 N–H and O–H groups in total. The van der Waals surface area contributed by atoms with Crippen molar-refractivity contribution >= 4 is 17.8 Å². The van der Waals surface area contributed by atoms with Gasteiger partial charge >= 0.3 is 6.03 Å². The second-order valence-electron chi connectivity index (χ2n) is 7.85. The lowest BCUT2D eigenvalue weighted by molar-refractivity contribution is -0.139. The molecule has 2 aliphatic heterocycles. The van der Waals surface area contributed by atoms with E-state index in [9.17, 15) is 14.4 Å². The molecule has 1 atom stereocenters. The van der Waals surface area contributed by atoms with Crippen LogP contribution in [0.4, 0.5) is 4.79 Å². The number of rotatable bonds is 7. The van der Waals surface area contributed by atoms with E-state index in [1.54, 1.807) is 11.8 Å². The number of nitrogens with one attached hydrogen (secondary N) is 1. The van der Waals surface area contributed by atoms with Crippen LogP contribution in [0.1, 0.15) is 39.7 Å². The average molecular weight is 389 g/mol. The van der Waals surface area contributed by atoms with Crippen molar-refractivity contribution in [2.24, 2.45) is 5.92 Å². The van der Waals surface area contributed by atoms with Crippen LogP contribution in [0.2, 0.25) is 0 Å². The van der Waals surface area contributed by atoms with E-state index in [0.717, 1.165) is 10.5 Å². The molecular formula is C20H27N3O5. The van der Waals surface area contributed by atoms with Gasteiger partial charge in [0.1, 0.15) is 12.1 Å². The second-order valence-corrected chi connectivity index (χ2v) is 7.85. The van der Waals surface area contributed by atoms with Gasteiger partial charge in [-0.15, -0.1) is 0 Å². The highest BCUT2D eigenvalue weighted by molar-refractivity contribution is 6.08. The molecule has 1 aromatic carbocycles. The molecule has 1 saturated heterocycles. The Labute approximate surface area is 164 Å². The van der Waals surface area contributed by atoms with E-state index in [1.807, 2.05) is 39.0 Å². The summed E-state index contributed by atoms with van der Waals surface area (Å²) in [6.07, 6.45) is 0.525. The third-order valence-electron chi connectivity index (χ3n) is 5.00. The van der Waals surface area contributed by atoms with Gasteiger partial charge in [0, 0.05) is 13.1 Å². The molecule has 1 fully saturated rings. The van der Waals surface area contributed by atoms with Crippen LogP contribution in [0.3, 0.4) is 0 Å². The van der Waals surface area contributed by atoms with Crippen molar-refractivity contribution in [3.8, 4) is 11.5 Å². The number of hydrogen-bond acceptors (Lipinski definition) is 5. The SMILES string of the molecule is CCN(Cc1ccc2c(c1)OCO2)C(=O)CN1C(=O)N[C@@](C)(CC(C)C)C1=O. The monoisotopic (exact) mass is 389 g/mol. The fraction of sp³-hybridized carbons (Fsp3) is 0.550. The molecule has 0 unspecified atom stereocenters. The van der Waals surface area contributed by atoms with Gasteiger partial charge in [0.25, 0.3) is 5.91 Å². The number of ether oxygens (including phenoxy) is 2. The van der Waals surface area contributed by atoms with Crippen molar-refractivity contribution in [1.29, 1.82) is 0 Å². The molecule has 2 aliphatic rings. The van der Waals surface area contributed by atoms with Crippen LogP contribution in [0.15, 0.2) is 18.2 Å². The summed E-state index contributed by atoms with van der Waals surface area (Å²) in [6.45, 7) is 8.29. The fourth-order valence-corrected chi connectivity index (χ4v) is 3.72. The summed E-state index contributed by atoms with van der Waals surface area (Å²) in [5, 5.41) is 2.74. The lowest BCUT2D eigenvalue weighted by Crippen LogP contribution is -2.46. The minimum atomic E-state index is -0.958. The quantitative estimate of drug-likeness (QED) is 0.722. The largest absolute Gasteiger partial charge is 0.454 e. The number of amides is 4. The van der Waals surface area contributed by atoms with Crippen LogP contribution in [0.5, 0.6) is 11.5 Å². The highest BCUT2D eigenvalue weighted by Gasteiger charge is 2.48. The Kier molecular flexibility index (Phi) is 5.49. The number of carbonyl (C=O) groups excluding carboxylic acids is 3. The zero-order chi connectivity index (χ0) is 20.5. The van der Waals surface area contributed by atoms with Crippen LogP contribution >= 0.6 is 0 Å². The van der Waals surface area contributed by atoms with Crippen molar-refractivity contribution in [3.05, 3.63) is 23.8 Å².